The monoisotopic (exact) mass is 445 g/mol. The van der Waals surface area contributed by atoms with Crippen LogP contribution in [-0.4, -0.2) is 31.8 Å². The van der Waals surface area contributed by atoms with Gasteiger partial charge in [-0.1, -0.05) is 60.7 Å². The minimum Gasteiger partial charge on any atom is -0.493 e. The number of hydrogen-bond acceptors (Lipinski definition) is 5. The van der Waals surface area contributed by atoms with Crippen molar-refractivity contribution in [2.45, 2.75) is 44.9 Å². The maximum Gasteiger partial charge on any atom is 0.329 e. The third kappa shape index (κ3) is 4.68. The van der Waals surface area contributed by atoms with Crippen molar-refractivity contribution in [3.63, 3.8) is 0 Å². The highest BCUT2D eigenvalue weighted by Gasteiger charge is 2.42. The first kappa shape index (κ1) is 22.7. The highest BCUT2D eigenvalue weighted by Crippen LogP contribution is 2.46. The van der Waals surface area contributed by atoms with Crippen LogP contribution in [0.3, 0.4) is 0 Å². The topological polar surface area (TPSA) is 48.0 Å². The van der Waals surface area contributed by atoms with Gasteiger partial charge in [-0.15, -0.1) is 0 Å². The number of hydrogen-bond donors (Lipinski definition) is 0. The van der Waals surface area contributed by atoms with E-state index in [0.717, 1.165) is 22.4 Å². The minimum atomic E-state index is -0.581. The number of anilines is 1. The van der Waals surface area contributed by atoms with Gasteiger partial charge in [0.1, 0.15) is 11.6 Å². The van der Waals surface area contributed by atoms with E-state index in [-0.39, 0.29) is 12.0 Å². The van der Waals surface area contributed by atoms with E-state index in [0.29, 0.717) is 17.9 Å². The van der Waals surface area contributed by atoms with Gasteiger partial charge in [0, 0.05) is 18.2 Å². The van der Waals surface area contributed by atoms with Crippen molar-refractivity contribution in [1.82, 2.24) is 0 Å². The molecule has 0 unspecified atom stereocenters. The molecule has 0 spiro atoms. The fraction of sp³-hybridized carbons (Fsp3) is 0.321. The van der Waals surface area contributed by atoms with E-state index < -0.39 is 11.6 Å². The van der Waals surface area contributed by atoms with E-state index in [1.165, 1.54) is 0 Å². The van der Waals surface area contributed by atoms with Crippen molar-refractivity contribution in [2.24, 2.45) is 0 Å². The zero-order valence-corrected chi connectivity index (χ0v) is 19.9. The summed E-state index contributed by atoms with van der Waals surface area (Å²) in [6.07, 6.45) is 0.529. The number of benzene rings is 3. The molecule has 0 N–H and O–H groups in total. The van der Waals surface area contributed by atoms with Crippen LogP contribution in [0.1, 0.15) is 43.5 Å². The Hall–Kier alpha value is -3.47. The number of esters is 1. The third-order valence-electron chi connectivity index (χ3n) is 5.80. The van der Waals surface area contributed by atoms with Crippen molar-refractivity contribution in [3.8, 4) is 11.5 Å². The lowest BCUT2D eigenvalue weighted by Gasteiger charge is -2.36. The van der Waals surface area contributed by atoms with Gasteiger partial charge in [0.25, 0.3) is 0 Å². The van der Waals surface area contributed by atoms with E-state index in [1.54, 1.807) is 14.2 Å². The molecular formula is C28H31NO4. The summed E-state index contributed by atoms with van der Waals surface area (Å²) in [6.45, 7) is 5.69. The molecule has 0 saturated heterocycles. The Morgan fingerprint density at radius 1 is 0.879 bits per heavy atom. The molecule has 5 nitrogen and oxygen atoms in total. The van der Waals surface area contributed by atoms with E-state index in [9.17, 15) is 4.79 Å². The van der Waals surface area contributed by atoms with Crippen LogP contribution in [-0.2, 0) is 16.0 Å². The molecule has 0 aromatic heterocycles. The summed E-state index contributed by atoms with van der Waals surface area (Å²) in [5, 5.41) is 0. The van der Waals surface area contributed by atoms with Crippen LogP contribution in [0.15, 0.2) is 72.8 Å². The molecule has 0 fully saturated rings. The number of fused-ring (bicyclic) bond motifs is 1. The number of nitrogens with zero attached hydrogens (tertiary/aromatic N) is 1. The summed E-state index contributed by atoms with van der Waals surface area (Å²) < 4.78 is 17.0. The molecule has 3 aromatic rings. The Morgan fingerprint density at radius 3 is 1.88 bits per heavy atom. The first-order chi connectivity index (χ1) is 15.8. The molecule has 0 aliphatic carbocycles. The predicted octanol–water partition coefficient (Wildman–Crippen LogP) is 5.57. The van der Waals surface area contributed by atoms with Gasteiger partial charge in [-0.2, -0.15) is 0 Å². The van der Waals surface area contributed by atoms with E-state index >= 15 is 0 Å². The van der Waals surface area contributed by atoms with Crippen LogP contribution >= 0.6 is 0 Å². The molecule has 1 heterocycles. The van der Waals surface area contributed by atoms with Crippen molar-refractivity contribution >= 4 is 11.7 Å². The van der Waals surface area contributed by atoms with E-state index in [1.807, 2.05) is 69.3 Å². The van der Waals surface area contributed by atoms with Gasteiger partial charge >= 0.3 is 5.97 Å². The zero-order chi connectivity index (χ0) is 23.6. The summed E-state index contributed by atoms with van der Waals surface area (Å²) in [4.78, 5) is 15.7. The quantitative estimate of drug-likeness (QED) is 0.465. The molecule has 0 radical (unpaired) electrons. The van der Waals surface area contributed by atoms with Gasteiger partial charge < -0.3 is 19.1 Å². The molecule has 33 heavy (non-hydrogen) atoms. The third-order valence-corrected chi connectivity index (χ3v) is 5.80. The number of carbonyl (C=O) groups is 1. The van der Waals surface area contributed by atoms with Gasteiger partial charge in [-0.3, -0.25) is 0 Å². The molecule has 0 amide bonds. The Bertz CT molecular complexity index is 1070. The standard InChI is InChI=1S/C28H31NO4/c1-28(2,3)33-27(30)23-16-21-17-24(31-4)25(32-5)18-22(21)29(23)26(19-12-8-6-9-13-19)20-14-10-7-11-15-20/h6-15,17-18,23,26H,16H2,1-5H3/t23-/m0/s1. The average molecular weight is 446 g/mol. The van der Waals surface area contributed by atoms with Crippen molar-refractivity contribution in [1.29, 1.82) is 0 Å². The second kappa shape index (κ2) is 9.18. The van der Waals surface area contributed by atoms with Gasteiger partial charge in [-0.05, 0) is 43.5 Å². The van der Waals surface area contributed by atoms with Crippen LogP contribution in [0.4, 0.5) is 5.69 Å². The van der Waals surface area contributed by atoms with Crippen molar-refractivity contribution < 1.29 is 19.0 Å². The average Bonchev–Trinajstić information content (AvgIpc) is 3.17. The van der Waals surface area contributed by atoms with Crippen LogP contribution in [0.25, 0.3) is 0 Å². The van der Waals surface area contributed by atoms with Crippen LogP contribution < -0.4 is 14.4 Å². The van der Waals surface area contributed by atoms with Gasteiger partial charge in [0.2, 0.25) is 0 Å². The SMILES string of the molecule is COc1cc2c(cc1OC)N(C(c1ccccc1)c1ccccc1)[C@H](C(=O)OC(C)(C)C)C2. The summed E-state index contributed by atoms with van der Waals surface area (Å²) in [6, 6.07) is 23.8. The van der Waals surface area contributed by atoms with Gasteiger partial charge in [-0.25, -0.2) is 4.79 Å². The predicted molar refractivity (Wildman–Crippen MR) is 130 cm³/mol. The molecule has 5 heteroatoms. The lowest BCUT2D eigenvalue weighted by atomic mass is 9.96. The summed E-state index contributed by atoms with van der Waals surface area (Å²) in [7, 11) is 3.25. The second-order valence-electron chi connectivity index (χ2n) is 9.22. The minimum absolute atomic E-state index is 0.177. The summed E-state index contributed by atoms with van der Waals surface area (Å²) in [5.74, 6) is 1.04. The molecule has 1 aliphatic heterocycles. The Labute approximate surface area is 195 Å². The normalized spacial score (nSPS) is 15.3. The fourth-order valence-corrected chi connectivity index (χ4v) is 4.46. The maximum absolute atomic E-state index is 13.5. The highest BCUT2D eigenvalue weighted by molar-refractivity contribution is 5.86. The zero-order valence-electron chi connectivity index (χ0n) is 19.9. The van der Waals surface area contributed by atoms with Crippen molar-refractivity contribution in [2.75, 3.05) is 19.1 Å². The van der Waals surface area contributed by atoms with Gasteiger partial charge in [0.05, 0.1) is 20.3 Å². The maximum atomic E-state index is 13.5. The molecule has 172 valence electrons. The van der Waals surface area contributed by atoms with Crippen LogP contribution in [0, 0.1) is 0 Å². The van der Waals surface area contributed by atoms with Crippen LogP contribution in [0.2, 0.25) is 0 Å². The van der Waals surface area contributed by atoms with Gasteiger partial charge in [0.15, 0.2) is 11.5 Å². The molecule has 0 saturated carbocycles. The molecule has 1 aliphatic rings. The number of ether oxygens (including phenoxy) is 3. The van der Waals surface area contributed by atoms with E-state index in [4.69, 9.17) is 14.2 Å². The second-order valence-corrected chi connectivity index (χ2v) is 9.22. The lowest BCUT2D eigenvalue weighted by molar-refractivity contribution is -0.156. The van der Waals surface area contributed by atoms with Crippen molar-refractivity contribution in [3.05, 3.63) is 89.5 Å². The summed E-state index contributed by atoms with van der Waals surface area (Å²) in [5.41, 5.74) is 3.59. The first-order valence-corrected chi connectivity index (χ1v) is 11.2. The fourth-order valence-electron chi connectivity index (χ4n) is 4.46. The number of methoxy groups -OCH3 is 2. The first-order valence-electron chi connectivity index (χ1n) is 11.2. The van der Waals surface area contributed by atoms with Crippen LogP contribution in [0.5, 0.6) is 11.5 Å². The molecule has 3 aromatic carbocycles. The van der Waals surface area contributed by atoms with E-state index in [2.05, 4.69) is 29.2 Å². The molecule has 4 rings (SSSR count). The Morgan fingerprint density at radius 2 is 1.39 bits per heavy atom. The highest BCUT2D eigenvalue weighted by atomic mass is 16.6. The lowest BCUT2D eigenvalue weighted by Crippen LogP contribution is -2.44. The smallest absolute Gasteiger partial charge is 0.329 e. The molecular weight excluding hydrogens is 414 g/mol. The number of carbonyl (C=O) groups excluding carboxylic acids is 1. The molecule has 1 atom stereocenters. The Balaban J connectivity index is 1.91. The molecule has 0 bridgehead atoms. The summed E-state index contributed by atoms with van der Waals surface area (Å²) >= 11 is 0. The number of rotatable bonds is 6. The largest absolute Gasteiger partial charge is 0.493 e. The Kier molecular flexibility index (Phi) is 6.32.